The van der Waals surface area contributed by atoms with Crippen LogP contribution >= 0.6 is 0 Å². The maximum absolute atomic E-state index is 11.1. The lowest BCUT2D eigenvalue weighted by atomic mass is 9.70. The van der Waals surface area contributed by atoms with Crippen LogP contribution in [0, 0.1) is 5.21 Å². The number of phenols is 1. The second-order valence-corrected chi connectivity index (χ2v) is 4.04. The first-order chi connectivity index (χ1) is 9.15. The van der Waals surface area contributed by atoms with Gasteiger partial charge in [-0.15, -0.1) is 0 Å². The van der Waals surface area contributed by atoms with E-state index in [1.165, 1.54) is 35.5 Å². The third-order valence-electron chi connectivity index (χ3n) is 2.80. The quantitative estimate of drug-likeness (QED) is 0.386. The molecular weight excluding hydrogens is 247 g/mol. The van der Waals surface area contributed by atoms with Crippen LogP contribution < -0.4 is 15.2 Å². The normalized spacial score (nSPS) is 13.5. The summed E-state index contributed by atoms with van der Waals surface area (Å²) in [5.74, 6) is 0.334. The highest BCUT2D eigenvalue weighted by Crippen LogP contribution is 2.16. The topological polar surface area (TPSA) is 95.9 Å². The minimum atomic E-state index is -1.06. The molecule has 2 aromatic rings. The van der Waals surface area contributed by atoms with Crippen molar-refractivity contribution in [2.24, 2.45) is 5.10 Å². The van der Waals surface area contributed by atoms with Gasteiger partial charge in [0.15, 0.2) is 0 Å². The monoisotopic (exact) mass is 256 g/mol. The Labute approximate surface area is 108 Å². The number of hydrazone groups is 1. The zero-order chi connectivity index (χ0) is 13.4. The van der Waals surface area contributed by atoms with Crippen LogP contribution in [0.1, 0.15) is 5.56 Å². The number of aromatic nitrogens is 2. The molecule has 7 nitrogen and oxygen atoms in total. The summed E-state index contributed by atoms with van der Waals surface area (Å²) in [4.78, 5) is 1.62. The van der Waals surface area contributed by atoms with E-state index in [0.29, 0.717) is 15.9 Å². The van der Waals surface area contributed by atoms with Crippen molar-refractivity contribution in [1.29, 1.82) is 0 Å². The van der Waals surface area contributed by atoms with Crippen molar-refractivity contribution in [3.05, 3.63) is 47.3 Å². The second kappa shape index (κ2) is 4.25. The van der Waals surface area contributed by atoms with Gasteiger partial charge >= 0.3 is 7.05 Å². The van der Waals surface area contributed by atoms with Gasteiger partial charge in [0.25, 0.3) is 0 Å². The summed E-state index contributed by atoms with van der Waals surface area (Å²) < 4.78 is 0. The zero-order valence-corrected chi connectivity index (χ0v) is 9.71. The molecule has 0 aliphatic carbocycles. The maximum Gasteiger partial charge on any atom is 0.473 e. The van der Waals surface area contributed by atoms with Crippen LogP contribution in [0.25, 0.3) is 0 Å². The van der Waals surface area contributed by atoms with Crippen LogP contribution in [0.15, 0.2) is 41.6 Å². The fraction of sp³-hybridized carbons (Fsp3) is 0. The lowest BCUT2D eigenvalue weighted by Gasteiger charge is -2.24. The number of hydrogen-bond acceptors (Lipinski definition) is 6. The third-order valence-corrected chi connectivity index (χ3v) is 2.80. The fourth-order valence-electron chi connectivity index (χ4n) is 1.91. The Bertz CT molecular complexity index is 664. The van der Waals surface area contributed by atoms with E-state index in [2.05, 4.69) is 10.2 Å². The Morgan fingerprint density at radius 3 is 2.95 bits per heavy atom. The highest BCUT2D eigenvalue weighted by atomic mass is 16.5. The molecule has 1 aromatic carbocycles. The molecule has 1 aliphatic rings. The molecule has 0 fully saturated rings. The number of aromatic hydroxyl groups is 1. The van der Waals surface area contributed by atoms with Gasteiger partial charge in [0.05, 0.1) is 6.21 Å². The average molecular weight is 256 g/mol. The first-order valence-corrected chi connectivity index (χ1v) is 5.56. The van der Waals surface area contributed by atoms with Gasteiger partial charge < -0.3 is 15.3 Å². The summed E-state index contributed by atoms with van der Waals surface area (Å²) >= 11 is 0. The fourth-order valence-corrected chi connectivity index (χ4v) is 1.91. The number of phenolic OH excluding ortho intramolecular Hbond substituents is 1. The van der Waals surface area contributed by atoms with Gasteiger partial charge in [0.2, 0.25) is 12.0 Å². The van der Waals surface area contributed by atoms with E-state index in [1.54, 1.807) is 12.1 Å². The first-order valence-electron chi connectivity index (χ1n) is 5.56. The van der Waals surface area contributed by atoms with Crippen molar-refractivity contribution in [2.75, 3.05) is 4.92 Å². The molecule has 0 unspecified atom stereocenters. The molecule has 0 saturated carbocycles. The van der Waals surface area contributed by atoms with E-state index >= 15 is 0 Å². The predicted molar refractivity (Wildman–Crippen MR) is 69.0 cm³/mol. The molecule has 2 N–H and O–H groups in total. The predicted octanol–water partition coefficient (Wildman–Crippen LogP) is -1.04. The van der Waals surface area contributed by atoms with Crippen molar-refractivity contribution >= 4 is 24.5 Å². The first kappa shape index (κ1) is 11.5. The standard InChI is InChI=1S/C11H9BN4O3/c17-9-3-4-10-8(6-9)7-13-16(12(10)18)11-2-1-5-15(19)14-11/h1-7,17-18H. The minimum absolute atomic E-state index is 0.0982. The Hall–Kier alpha value is -2.61. The van der Waals surface area contributed by atoms with Gasteiger partial charge in [-0.3, -0.25) is 4.92 Å². The molecule has 19 heavy (non-hydrogen) atoms. The Morgan fingerprint density at radius 2 is 2.16 bits per heavy atom. The van der Waals surface area contributed by atoms with E-state index in [9.17, 15) is 15.3 Å². The SMILES string of the molecule is [O-][n+]1cccc(N2N=Cc3cc(O)ccc3B2O)n1. The van der Waals surface area contributed by atoms with Gasteiger partial charge in [-0.05, 0) is 29.2 Å². The minimum Gasteiger partial charge on any atom is -0.594 e. The smallest absolute Gasteiger partial charge is 0.473 e. The van der Waals surface area contributed by atoms with E-state index in [1.807, 2.05) is 0 Å². The van der Waals surface area contributed by atoms with Crippen molar-refractivity contribution in [3.63, 3.8) is 0 Å². The molecule has 8 heteroatoms. The van der Waals surface area contributed by atoms with E-state index in [4.69, 9.17) is 0 Å². The summed E-state index contributed by atoms with van der Waals surface area (Å²) in [6.07, 6.45) is 2.74. The molecule has 0 spiro atoms. The molecular formula is C11H9BN4O3. The summed E-state index contributed by atoms with van der Waals surface area (Å²) in [5, 5.41) is 38.5. The van der Waals surface area contributed by atoms with Crippen LogP contribution in [0.3, 0.4) is 0 Å². The Morgan fingerprint density at radius 1 is 1.32 bits per heavy atom. The molecule has 1 aromatic heterocycles. The van der Waals surface area contributed by atoms with Gasteiger partial charge in [-0.2, -0.15) is 5.10 Å². The van der Waals surface area contributed by atoms with Crippen LogP contribution in [0.4, 0.5) is 5.82 Å². The Balaban J connectivity index is 2.02. The van der Waals surface area contributed by atoms with E-state index in [-0.39, 0.29) is 11.6 Å². The number of rotatable bonds is 1. The number of anilines is 1. The molecule has 0 amide bonds. The number of benzene rings is 1. The highest BCUT2D eigenvalue weighted by molar-refractivity contribution is 6.71. The largest absolute Gasteiger partial charge is 0.594 e. The van der Waals surface area contributed by atoms with Crippen LogP contribution in [0.2, 0.25) is 0 Å². The van der Waals surface area contributed by atoms with E-state index < -0.39 is 7.05 Å². The molecule has 0 atom stereocenters. The summed E-state index contributed by atoms with van der Waals surface area (Å²) in [6, 6.07) is 7.67. The van der Waals surface area contributed by atoms with Gasteiger partial charge in [-0.1, -0.05) is 10.9 Å². The van der Waals surface area contributed by atoms with Crippen molar-refractivity contribution in [2.45, 2.75) is 0 Å². The average Bonchev–Trinajstić information content (AvgIpc) is 2.39. The van der Waals surface area contributed by atoms with Crippen molar-refractivity contribution < 1.29 is 15.0 Å². The van der Waals surface area contributed by atoms with Gasteiger partial charge in [0, 0.05) is 11.2 Å². The molecule has 0 saturated heterocycles. The number of hydrogen-bond donors (Lipinski definition) is 2. The maximum atomic E-state index is 11.1. The van der Waals surface area contributed by atoms with Crippen LogP contribution in [-0.2, 0) is 0 Å². The van der Waals surface area contributed by atoms with E-state index in [0.717, 1.165) is 0 Å². The molecule has 0 radical (unpaired) electrons. The van der Waals surface area contributed by atoms with Crippen LogP contribution in [-0.4, -0.2) is 28.5 Å². The molecule has 2 heterocycles. The third kappa shape index (κ3) is 1.98. The molecule has 1 aliphatic heterocycles. The Kier molecular flexibility index (Phi) is 2.57. The lowest BCUT2D eigenvalue weighted by Crippen LogP contribution is -2.51. The van der Waals surface area contributed by atoms with Gasteiger partial charge in [-0.25, -0.2) is 0 Å². The molecule has 94 valence electrons. The molecule has 0 bridgehead atoms. The van der Waals surface area contributed by atoms with Gasteiger partial charge in [0.1, 0.15) is 5.75 Å². The number of fused-ring (bicyclic) bond motifs is 1. The summed E-state index contributed by atoms with van der Waals surface area (Å²) in [7, 11) is -1.06. The van der Waals surface area contributed by atoms with Crippen molar-refractivity contribution in [3.8, 4) is 5.75 Å². The number of nitrogens with zero attached hydrogens (tertiary/aromatic N) is 4. The van der Waals surface area contributed by atoms with Crippen LogP contribution in [0.5, 0.6) is 5.75 Å². The second-order valence-electron chi connectivity index (χ2n) is 4.04. The summed E-state index contributed by atoms with van der Waals surface area (Å²) in [6.45, 7) is 0. The lowest BCUT2D eigenvalue weighted by molar-refractivity contribution is -0.668. The highest BCUT2D eigenvalue weighted by Gasteiger charge is 2.32. The van der Waals surface area contributed by atoms with Crippen molar-refractivity contribution in [1.82, 2.24) is 5.10 Å². The summed E-state index contributed by atoms with van der Waals surface area (Å²) in [5.41, 5.74) is 1.20. The molecule has 3 rings (SSSR count). The zero-order valence-electron chi connectivity index (χ0n) is 9.71.